The highest BCUT2D eigenvalue weighted by Gasteiger charge is 2.16. The Kier molecular flexibility index (Phi) is 3.88. The van der Waals surface area contributed by atoms with Gasteiger partial charge in [0.05, 0.1) is 11.0 Å². The number of nitrogens with zero attached hydrogens (tertiary/aromatic N) is 3. The molecule has 0 atom stereocenters. The van der Waals surface area contributed by atoms with Gasteiger partial charge in [-0.1, -0.05) is 48.5 Å². The molecule has 0 saturated carbocycles. The van der Waals surface area contributed by atoms with Gasteiger partial charge in [0.25, 0.3) is 0 Å². The molecule has 158 valence electrons. The number of benzene rings is 4. The largest absolute Gasteiger partial charge is 0.456 e. The molecule has 0 N–H and O–H groups in total. The lowest BCUT2D eigenvalue weighted by Crippen LogP contribution is -1.95. The van der Waals surface area contributed by atoms with Gasteiger partial charge in [-0.25, -0.2) is 4.98 Å². The smallest absolute Gasteiger partial charge is 0.148 e. The summed E-state index contributed by atoms with van der Waals surface area (Å²) in [5.41, 5.74) is 7.26. The first-order chi connectivity index (χ1) is 16.8. The lowest BCUT2D eigenvalue weighted by Gasteiger charge is -2.11. The number of aromatic nitrogens is 2. The van der Waals surface area contributed by atoms with E-state index in [0.29, 0.717) is 5.69 Å². The SMILES string of the molecule is N#Cc1ncccc1-c1cccc(-n2c3ccccc3c3cc4oc5ccccc5c4cc32)c1. The maximum absolute atomic E-state index is 9.56. The summed E-state index contributed by atoms with van der Waals surface area (Å²) < 4.78 is 8.47. The van der Waals surface area contributed by atoms with Crippen molar-refractivity contribution in [2.45, 2.75) is 0 Å². The number of pyridine rings is 1. The first-order valence-corrected chi connectivity index (χ1v) is 11.1. The van der Waals surface area contributed by atoms with Crippen molar-refractivity contribution in [3.63, 3.8) is 0 Å². The molecule has 0 amide bonds. The normalized spacial score (nSPS) is 11.5. The monoisotopic (exact) mass is 435 g/mol. The first-order valence-electron chi connectivity index (χ1n) is 11.1. The van der Waals surface area contributed by atoms with Gasteiger partial charge in [-0.3, -0.25) is 0 Å². The molecule has 0 spiro atoms. The van der Waals surface area contributed by atoms with Crippen LogP contribution in [-0.4, -0.2) is 9.55 Å². The van der Waals surface area contributed by atoms with Crippen molar-refractivity contribution < 1.29 is 4.42 Å². The van der Waals surface area contributed by atoms with Gasteiger partial charge in [0.15, 0.2) is 0 Å². The van der Waals surface area contributed by atoms with Crippen LogP contribution in [0.2, 0.25) is 0 Å². The molecule has 7 rings (SSSR count). The number of fused-ring (bicyclic) bond motifs is 6. The molecule has 0 saturated heterocycles. The van der Waals surface area contributed by atoms with Gasteiger partial charge in [0, 0.05) is 39.0 Å². The molecular weight excluding hydrogens is 418 g/mol. The van der Waals surface area contributed by atoms with Crippen LogP contribution in [0.25, 0.3) is 60.6 Å². The van der Waals surface area contributed by atoms with Gasteiger partial charge < -0.3 is 8.98 Å². The number of furan rings is 1. The third-order valence-electron chi connectivity index (χ3n) is 6.50. The van der Waals surface area contributed by atoms with Crippen molar-refractivity contribution in [3.05, 3.63) is 109 Å². The summed E-state index contributed by atoms with van der Waals surface area (Å²) in [4.78, 5) is 4.24. The molecule has 0 bridgehead atoms. The molecular formula is C30H17N3O. The molecule has 0 aliphatic carbocycles. The zero-order valence-corrected chi connectivity index (χ0v) is 18.1. The van der Waals surface area contributed by atoms with E-state index in [4.69, 9.17) is 4.42 Å². The van der Waals surface area contributed by atoms with Crippen molar-refractivity contribution in [1.29, 1.82) is 5.26 Å². The number of hydrogen-bond donors (Lipinski definition) is 0. The first kappa shape index (κ1) is 18.7. The highest BCUT2D eigenvalue weighted by molar-refractivity contribution is 6.17. The maximum Gasteiger partial charge on any atom is 0.148 e. The molecule has 3 aromatic heterocycles. The molecule has 0 aliphatic heterocycles. The number of rotatable bonds is 2. The number of para-hydroxylation sites is 2. The van der Waals surface area contributed by atoms with Crippen molar-refractivity contribution in [2.75, 3.05) is 0 Å². The van der Waals surface area contributed by atoms with Crippen LogP contribution in [0.3, 0.4) is 0 Å². The van der Waals surface area contributed by atoms with Crippen molar-refractivity contribution >= 4 is 43.7 Å². The summed E-state index contributed by atoms with van der Waals surface area (Å²) in [7, 11) is 0. The summed E-state index contributed by atoms with van der Waals surface area (Å²) in [6.45, 7) is 0. The standard InChI is InChI=1S/C30H17N3O/c31-18-26-21(11-6-14-32-26)19-7-5-8-20(15-19)33-27-12-3-1-9-22(27)24-17-30-25(16-28(24)33)23-10-2-4-13-29(23)34-30/h1-17H. The number of nitriles is 1. The van der Waals surface area contributed by atoms with Crippen LogP contribution in [0, 0.1) is 11.3 Å². The lowest BCUT2D eigenvalue weighted by molar-refractivity contribution is 0.669. The van der Waals surface area contributed by atoms with E-state index in [9.17, 15) is 5.26 Å². The third kappa shape index (κ3) is 2.61. The minimum atomic E-state index is 0.424. The quantitative estimate of drug-likeness (QED) is 0.281. The van der Waals surface area contributed by atoms with E-state index in [-0.39, 0.29) is 0 Å². The highest BCUT2D eigenvalue weighted by atomic mass is 16.3. The average Bonchev–Trinajstić information content (AvgIpc) is 3.42. The molecule has 0 radical (unpaired) electrons. The summed E-state index contributed by atoms with van der Waals surface area (Å²) in [6.07, 6.45) is 1.65. The molecule has 0 aliphatic rings. The molecule has 4 aromatic carbocycles. The summed E-state index contributed by atoms with van der Waals surface area (Å²) in [6, 6.07) is 35.3. The van der Waals surface area contributed by atoms with E-state index in [1.807, 2.05) is 42.5 Å². The Morgan fingerprint density at radius 1 is 0.676 bits per heavy atom. The second kappa shape index (κ2) is 7.06. The van der Waals surface area contributed by atoms with Gasteiger partial charge in [0.1, 0.15) is 22.9 Å². The van der Waals surface area contributed by atoms with Crippen LogP contribution in [-0.2, 0) is 0 Å². The van der Waals surface area contributed by atoms with E-state index >= 15 is 0 Å². The summed E-state index contributed by atoms with van der Waals surface area (Å²) in [5, 5.41) is 14.1. The van der Waals surface area contributed by atoms with Crippen molar-refractivity contribution in [1.82, 2.24) is 9.55 Å². The minimum absolute atomic E-state index is 0.424. The van der Waals surface area contributed by atoms with Crippen molar-refractivity contribution in [3.8, 4) is 22.9 Å². The fraction of sp³-hybridized carbons (Fsp3) is 0. The van der Waals surface area contributed by atoms with Crippen LogP contribution in [0.15, 0.2) is 108 Å². The minimum Gasteiger partial charge on any atom is -0.456 e. The second-order valence-electron chi connectivity index (χ2n) is 8.38. The van der Waals surface area contributed by atoms with Gasteiger partial charge in [-0.2, -0.15) is 5.26 Å². The predicted molar refractivity (Wildman–Crippen MR) is 136 cm³/mol. The van der Waals surface area contributed by atoms with Gasteiger partial charge in [-0.05, 0) is 54.1 Å². The van der Waals surface area contributed by atoms with Crippen molar-refractivity contribution in [2.24, 2.45) is 0 Å². The second-order valence-corrected chi connectivity index (χ2v) is 8.38. The molecule has 7 aromatic rings. The van der Waals surface area contributed by atoms with Crippen LogP contribution in [0.1, 0.15) is 5.69 Å². The van der Waals surface area contributed by atoms with E-state index in [1.165, 1.54) is 5.39 Å². The highest BCUT2D eigenvalue weighted by Crippen LogP contribution is 2.38. The molecule has 4 heteroatoms. The Balaban J connectivity index is 1.57. The van der Waals surface area contributed by atoms with Gasteiger partial charge in [-0.15, -0.1) is 0 Å². The zero-order valence-electron chi connectivity index (χ0n) is 18.1. The molecule has 0 unspecified atom stereocenters. The van der Waals surface area contributed by atoms with E-state index in [1.54, 1.807) is 6.20 Å². The maximum atomic E-state index is 9.56. The van der Waals surface area contributed by atoms with E-state index in [0.717, 1.165) is 55.2 Å². The molecule has 4 nitrogen and oxygen atoms in total. The Morgan fingerprint density at radius 2 is 1.53 bits per heavy atom. The van der Waals surface area contributed by atoms with Gasteiger partial charge in [0.2, 0.25) is 0 Å². The summed E-state index contributed by atoms with van der Waals surface area (Å²) in [5.74, 6) is 0. The number of hydrogen-bond acceptors (Lipinski definition) is 3. The molecule has 0 fully saturated rings. The van der Waals surface area contributed by atoms with Crippen LogP contribution >= 0.6 is 0 Å². The fourth-order valence-corrected chi connectivity index (χ4v) is 5.00. The molecule has 34 heavy (non-hydrogen) atoms. The Hall–Kier alpha value is -4.88. The fourth-order valence-electron chi connectivity index (χ4n) is 5.00. The third-order valence-corrected chi connectivity index (χ3v) is 6.50. The Bertz CT molecular complexity index is 1930. The summed E-state index contributed by atoms with van der Waals surface area (Å²) >= 11 is 0. The Labute approximate surface area is 194 Å². The predicted octanol–water partition coefficient (Wildman–Crippen LogP) is 7.62. The van der Waals surface area contributed by atoms with Crippen LogP contribution in [0.4, 0.5) is 0 Å². The van der Waals surface area contributed by atoms with E-state index in [2.05, 4.69) is 70.2 Å². The zero-order chi connectivity index (χ0) is 22.6. The van der Waals surface area contributed by atoms with Crippen LogP contribution < -0.4 is 0 Å². The topological polar surface area (TPSA) is 54.8 Å². The molecule has 3 heterocycles. The lowest BCUT2D eigenvalue weighted by atomic mass is 10.0. The average molecular weight is 435 g/mol. The van der Waals surface area contributed by atoms with Crippen LogP contribution in [0.5, 0.6) is 0 Å². The Morgan fingerprint density at radius 3 is 2.44 bits per heavy atom. The van der Waals surface area contributed by atoms with E-state index < -0.39 is 0 Å². The van der Waals surface area contributed by atoms with Gasteiger partial charge >= 0.3 is 0 Å².